The Kier molecular flexibility index (Phi) is 10.7. The van der Waals surface area contributed by atoms with Gasteiger partial charge >= 0.3 is 6.03 Å². The predicted octanol–water partition coefficient (Wildman–Crippen LogP) is 2.65. The fourth-order valence-electron chi connectivity index (χ4n) is 5.04. The van der Waals surface area contributed by atoms with E-state index in [0.29, 0.717) is 67.7 Å². The van der Waals surface area contributed by atoms with Gasteiger partial charge in [0.25, 0.3) is 5.91 Å². The van der Waals surface area contributed by atoms with Crippen LogP contribution in [0.25, 0.3) is 0 Å². The zero-order valence-electron chi connectivity index (χ0n) is 24.6. The lowest BCUT2D eigenvalue weighted by Gasteiger charge is -2.38. The first-order valence-electron chi connectivity index (χ1n) is 14.6. The number of aryl methyl sites for hydroxylation is 1. The average Bonchev–Trinajstić information content (AvgIpc) is 3.55. The van der Waals surface area contributed by atoms with Gasteiger partial charge in [-0.15, -0.1) is 0 Å². The number of nitrogens with zero attached hydrogens (tertiary/aromatic N) is 2. The maximum Gasteiger partial charge on any atom is 0.315 e. The number of methoxy groups -OCH3 is 1. The fraction of sp³-hybridized carbons (Fsp3) is 0.419. The molecule has 0 saturated carbocycles. The second-order valence-electron chi connectivity index (χ2n) is 10.5. The molecule has 2 aliphatic heterocycles. The molecule has 3 N–H and O–H groups in total. The van der Waals surface area contributed by atoms with Crippen LogP contribution in [-0.4, -0.2) is 86.6 Å². The third-order valence-electron chi connectivity index (χ3n) is 7.30. The number of nitrogens with one attached hydrogen (secondary N) is 3. The van der Waals surface area contributed by atoms with Crippen LogP contribution in [0, 0.1) is 0 Å². The molecule has 1 fully saturated rings. The number of aromatic nitrogens is 1. The van der Waals surface area contributed by atoms with Gasteiger partial charge in [0.05, 0.1) is 31.6 Å². The van der Waals surface area contributed by atoms with Crippen LogP contribution in [0.1, 0.15) is 34.5 Å². The zero-order valence-corrected chi connectivity index (χ0v) is 24.6. The molecule has 0 radical (unpaired) electrons. The van der Waals surface area contributed by atoms with Gasteiger partial charge < -0.3 is 44.3 Å². The van der Waals surface area contributed by atoms with Crippen LogP contribution < -0.4 is 25.4 Å². The molecule has 2 atom stereocenters. The first-order chi connectivity index (χ1) is 21.5. The first-order valence-corrected chi connectivity index (χ1v) is 14.6. The monoisotopic (exact) mass is 607 g/mol. The molecule has 5 rings (SSSR count). The second kappa shape index (κ2) is 15.2. The highest BCUT2D eigenvalue weighted by Gasteiger charge is 2.33. The number of hydrogen-bond donors (Lipinski definition) is 3. The van der Waals surface area contributed by atoms with Crippen LogP contribution in [0.4, 0.5) is 4.79 Å². The molecule has 2 aliphatic rings. The molecule has 0 unspecified atom stereocenters. The predicted molar refractivity (Wildman–Crippen MR) is 158 cm³/mol. The van der Waals surface area contributed by atoms with Gasteiger partial charge in [-0.1, -0.05) is 17.3 Å². The van der Waals surface area contributed by atoms with E-state index in [2.05, 4.69) is 21.1 Å². The summed E-state index contributed by atoms with van der Waals surface area (Å²) >= 11 is 0. The smallest absolute Gasteiger partial charge is 0.315 e. The lowest BCUT2D eigenvalue weighted by atomic mass is 10.0. The molecule has 3 aromatic rings. The molecule has 1 saturated heterocycles. The number of likely N-dealkylation sites (tertiary alicyclic amines) is 1. The van der Waals surface area contributed by atoms with Crippen LogP contribution in [0.2, 0.25) is 0 Å². The minimum Gasteiger partial charge on any atom is -0.491 e. The molecule has 1 aromatic heterocycles. The summed E-state index contributed by atoms with van der Waals surface area (Å²) in [6.45, 7) is 2.14. The van der Waals surface area contributed by atoms with E-state index in [9.17, 15) is 14.4 Å². The SMILES string of the molecule is COCCOc1cc2cc(c1)C(=O)NCCNC(=O)N[C@H]1CCN(C(=O)CCc3ccno3)C[C@@H]1OCc1cccc(c1)O2. The number of fused-ring (bicyclic) bond motifs is 5. The quantitative estimate of drug-likeness (QED) is 0.344. The van der Waals surface area contributed by atoms with E-state index in [1.165, 1.54) is 0 Å². The van der Waals surface area contributed by atoms with Crippen molar-refractivity contribution in [3.05, 3.63) is 71.6 Å². The van der Waals surface area contributed by atoms with Crippen molar-refractivity contribution in [1.29, 1.82) is 0 Å². The van der Waals surface area contributed by atoms with Crippen molar-refractivity contribution in [2.24, 2.45) is 0 Å². The van der Waals surface area contributed by atoms with Gasteiger partial charge in [-0.2, -0.15) is 0 Å². The summed E-state index contributed by atoms with van der Waals surface area (Å²) in [7, 11) is 1.58. The fourth-order valence-corrected chi connectivity index (χ4v) is 5.04. The summed E-state index contributed by atoms with van der Waals surface area (Å²) in [5.74, 6) is 1.73. The Hall–Kier alpha value is -4.62. The van der Waals surface area contributed by atoms with E-state index in [4.69, 9.17) is 23.5 Å². The highest BCUT2D eigenvalue weighted by atomic mass is 16.5. The van der Waals surface area contributed by atoms with Crippen molar-refractivity contribution in [3.63, 3.8) is 0 Å². The van der Waals surface area contributed by atoms with E-state index in [1.807, 2.05) is 24.3 Å². The van der Waals surface area contributed by atoms with Crippen LogP contribution in [0.5, 0.6) is 17.2 Å². The number of rotatable bonds is 7. The average molecular weight is 608 g/mol. The van der Waals surface area contributed by atoms with Crippen LogP contribution in [-0.2, 0) is 27.3 Å². The Bertz CT molecular complexity index is 1420. The molecule has 13 nitrogen and oxygen atoms in total. The molecule has 234 valence electrons. The number of piperidine rings is 1. The van der Waals surface area contributed by atoms with Gasteiger partial charge in [-0.05, 0) is 36.2 Å². The molecule has 0 aliphatic carbocycles. The van der Waals surface area contributed by atoms with Crippen LogP contribution >= 0.6 is 0 Å². The third kappa shape index (κ3) is 8.71. The van der Waals surface area contributed by atoms with Crippen LogP contribution in [0.15, 0.2) is 59.3 Å². The van der Waals surface area contributed by atoms with E-state index < -0.39 is 6.10 Å². The maximum absolute atomic E-state index is 13.0. The summed E-state index contributed by atoms with van der Waals surface area (Å²) in [6.07, 6.45) is 2.37. The topological polar surface area (TPSA) is 153 Å². The normalized spacial score (nSPS) is 19.2. The largest absolute Gasteiger partial charge is 0.491 e. The Morgan fingerprint density at radius 1 is 1.07 bits per heavy atom. The van der Waals surface area contributed by atoms with Crippen LogP contribution in [0.3, 0.4) is 0 Å². The summed E-state index contributed by atoms with van der Waals surface area (Å²) < 4.78 is 28.4. The van der Waals surface area contributed by atoms with Gasteiger partial charge in [0.2, 0.25) is 5.91 Å². The minimum absolute atomic E-state index is 0.0219. The molecule has 13 heteroatoms. The number of amides is 4. The van der Waals surface area contributed by atoms with Crippen molar-refractivity contribution in [2.45, 2.75) is 38.0 Å². The van der Waals surface area contributed by atoms with E-state index in [-0.39, 0.29) is 50.0 Å². The maximum atomic E-state index is 13.0. The highest BCUT2D eigenvalue weighted by Crippen LogP contribution is 2.29. The summed E-state index contributed by atoms with van der Waals surface area (Å²) in [4.78, 5) is 40.5. The van der Waals surface area contributed by atoms with E-state index >= 15 is 0 Å². The Morgan fingerprint density at radius 2 is 1.95 bits per heavy atom. The molecule has 4 bridgehead atoms. The first kappa shape index (κ1) is 30.8. The Morgan fingerprint density at radius 3 is 2.80 bits per heavy atom. The van der Waals surface area contributed by atoms with Crippen molar-refractivity contribution in [1.82, 2.24) is 26.0 Å². The number of benzene rings is 2. The van der Waals surface area contributed by atoms with E-state index in [0.717, 1.165) is 5.56 Å². The number of carbonyl (C=O) groups is 3. The summed E-state index contributed by atoms with van der Waals surface area (Å²) in [5, 5.41) is 12.3. The standard InChI is InChI=1S/C31H37N5O8/c1-40-13-14-41-25-16-22-17-26(18-25)43-24-4-2-3-21(15-24)20-42-28-19-36(29(37)6-5-23-7-9-34-44-23)12-8-27(28)35-31(39)33-11-10-32-30(22)38/h2-4,7,9,15-18,27-28H,5-6,8,10-14,19-20H2,1H3,(H,32,38)(H2,33,35,39)/t27-,28-/m0/s1. The van der Waals surface area contributed by atoms with Crippen molar-refractivity contribution >= 4 is 17.8 Å². The minimum atomic E-state index is -0.449. The second-order valence-corrected chi connectivity index (χ2v) is 10.5. The number of urea groups is 1. The number of carbonyl (C=O) groups excluding carboxylic acids is 3. The van der Waals surface area contributed by atoms with Crippen molar-refractivity contribution < 1.29 is 37.9 Å². The number of hydrogen-bond acceptors (Lipinski definition) is 9. The Labute approximate surface area is 255 Å². The molecule has 3 heterocycles. The van der Waals surface area contributed by atoms with Gasteiger partial charge in [-0.3, -0.25) is 9.59 Å². The molecule has 0 spiro atoms. The van der Waals surface area contributed by atoms with Gasteiger partial charge in [0.15, 0.2) is 0 Å². The molecule has 44 heavy (non-hydrogen) atoms. The number of ether oxygens (including phenoxy) is 4. The summed E-state index contributed by atoms with van der Waals surface area (Å²) in [6, 6.07) is 13.4. The van der Waals surface area contributed by atoms with E-state index in [1.54, 1.807) is 42.5 Å². The molecule has 4 amide bonds. The van der Waals surface area contributed by atoms with Gasteiger partial charge in [-0.25, -0.2) is 4.79 Å². The molecular weight excluding hydrogens is 570 g/mol. The highest BCUT2D eigenvalue weighted by molar-refractivity contribution is 5.95. The zero-order chi connectivity index (χ0) is 30.7. The molecule has 2 aromatic carbocycles. The Balaban J connectivity index is 1.32. The lowest BCUT2D eigenvalue weighted by Crippen LogP contribution is -2.58. The van der Waals surface area contributed by atoms with Gasteiger partial charge in [0, 0.05) is 63.8 Å². The van der Waals surface area contributed by atoms with Gasteiger partial charge in [0.1, 0.15) is 29.6 Å². The third-order valence-corrected chi connectivity index (χ3v) is 7.30. The molecular formula is C31H37N5O8. The lowest BCUT2D eigenvalue weighted by molar-refractivity contribution is -0.136. The van der Waals surface area contributed by atoms with Crippen molar-refractivity contribution in [3.8, 4) is 17.2 Å². The summed E-state index contributed by atoms with van der Waals surface area (Å²) in [5.41, 5.74) is 1.19. The van der Waals surface area contributed by atoms with Crippen molar-refractivity contribution in [2.75, 3.05) is 46.5 Å².